The second-order valence-corrected chi connectivity index (χ2v) is 7.42. The largest absolute Gasteiger partial charge is 0.354 e. The molecule has 3 rings (SSSR count). The Morgan fingerprint density at radius 3 is 2.39 bits per heavy atom. The first kappa shape index (κ1) is 24.8. The van der Waals surface area contributed by atoms with Crippen molar-refractivity contribution in [2.45, 2.75) is 12.6 Å². The summed E-state index contributed by atoms with van der Waals surface area (Å²) in [6, 6.07) is 16.8. The minimum Gasteiger partial charge on any atom is -0.354 e. The lowest BCUT2D eigenvalue weighted by molar-refractivity contribution is 0.295. The first-order valence-corrected chi connectivity index (χ1v) is 9.91. The number of hydrogen-bond donors (Lipinski definition) is 2. The fourth-order valence-corrected chi connectivity index (χ4v) is 3.36. The number of guanidine groups is 1. The third-order valence-corrected chi connectivity index (χ3v) is 5.01. The van der Waals surface area contributed by atoms with Crippen molar-refractivity contribution in [3.63, 3.8) is 0 Å². The average molecular weight is 536 g/mol. The maximum Gasteiger partial charge on any atom is 0.193 e. The third-order valence-electron chi connectivity index (χ3n) is 5.01. The zero-order valence-electron chi connectivity index (χ0n) is 18.3. The Hall–Kier alpha value is -2.46. The minimum absolute atomic E-state index is 0. The van der Waals surface area contributed by atoms with Crippen LogP contribution in [0.15, 0.2) is 65.8 Å². The van der Waals surface area contributed by atoms with Crippen molar-refractivity contribution in [1.82, 2.24) is 25.1 Å². The van der Waals surface area contributed by atoms with Crippen LogP contribution < -0.4 is 5.32 Å². The standard InChI is InChI=1S/C23H29FN6.HI/c1-25-23(27-15-21(29(2)3)18-10-12-19(24)13-11-18)30(4)16-22-26-14-20(28-22)17-8-6-5-7-9-17;/h5-14,21H,15-16H2,1-4H3,(H,25,27)(H,26,28);1H. The molecule has 31 heavy (non-hydrogen) atoms. The third kappa shape index (κ3) is 6.76. The summed E-state index contributed by atoms with van der Waals surface area (Å²) in [6.07, 6.45) is 1.85. The maximum absolute atomic E-state index is 13.3. The first-order valence-electron chi connectivity index (χ1n) is 9.91. The normalized spacial score (nSPS) is 12.4. The predicted molar refractivity (Wildman–Crippen MR) is 135 cm³/mol. The van der Waals surface area contributed by atoms with Crippen molar-refractivity contribution in [2.75, 3.05) is 34.7 Å². The second-order valence-electron chi connectivity index (χ2n) is 7.42. The van der Waals surface area contributed by atoms with Gasteiger partial charge in [0.15, 0.2) is 5.96 Å². The minimum atomic E-state index is -0.229. The fourth-order valence-electron chi connectivity index (χ4n) is 3.36. The van der Waals surface area contributed by atoms with Gasteiger partial charge in [0.05, 0.1) is 24.5 Å². The smallest absolute Gasteiger partial charge is 0.193 e. The Morgan fingerprint density at radius 2 is 1.77 bits per heavy atom. The Balaban J connectivity index is 0.00000341. The van der Waals surface area contributed by atoms with Crippen molar-refractivity contribution in [3.05, 3.63) is 78.0 Å². The molecule has 6 nitrogen and oxygen atoms in total. The summed E-state index contributed by atoms with van der Waals surface area (Å²) in [5.41, 5.74) is 3.14. The number of likely N-dealkylation sites (N-methyl/N-ethyl adjacent to an activating group) is 1. The number of aliphatic imine (C=N–C) groups is 1. The molecule has 3 aromatic rings. The van der Waals surface area contributed by atoms with Crippen molar-refractivity contribution in [1.29, 1.82) is 0 Å². The molecular formula is C23H30FIN6. The van der Waals surface area contributed by atoms with Crippen LogP contribution in [0.2, 0.25) is 0 Å². The Kier molecular flexibility index (Phi) is 9.44. The molecule has 0 aliphatic carbocycles. The summed E-state index contributed by atoms with van der Waals surface area (Å²) in [5.74, 6) is 1.40. The molecule has 0 aliphatic rings. The van der Waals surface area contributed by atoms with Crippen molar-refractivity contribution in [3.8, 4) is 11.3 Å². The predicted octanol–water partition coefficient (Wildman–Crippen LogP) is 4.14. The molecule has 166 valence electrons. The fraction of sp³-hybridized carbons (Fsp3) is 0.304. The van der Waals surface area contributed by atoms with Crippen LogP contribution in [0.25, 0.3) is 11.3 Å². The molecule has 1 unspecified atom stereocenters. The highest BCUT2D eigenvalue weighted by atomic mass is 127. The number of aromatic nitrogens is 2. The van der Waals surface area contributed by atoms with E-state index in [1.165, 1.54) is 12.1 Å². The summed E-state index contributed by atoms with van der Waals surface area (Å²) in [6.45, 7) is 1.23. The molecular weight excluding hydrogens is 506 g/mol. The van der Waals surface area contributed by atoms with Gasteiger partial charge >= 0.3 is 0 Å². The van der Waals surface area contributed by atoms with Gasteiger partial charge in [0.1, 0.15) is 11.6 Å². The molecule has 0 saturated carbocycles. The number of rotatable bonds is 7. The van der Waals surface area contributed by atoms with Gasteiger partial charge in [-0.05, 0) is 37.4 Å². The number of imidazole rings is 1. The summed E-state index contributed by atoms with van der Waals surface area (Å²) in [5, 5.41) is 3.42. The lowest BCUT2D eigenvalue weighted by atomic mass is 10.1. The van der Waals surface area contributed by atoms with Gasteiger partial charge in [-0.1, -0.05) is 42.5 Å². The quantitative estimate of drug-likeness (QED) is 0.271. The molecule has 8 heteroatoms. The van der Waals surface area contributed by atoms with E-state index in [1.54, 1.807) is 7.05 Å². The SMILES string of the molecule is CN=C(NCC(c1ccc(F)cc1)N(C)C)N(C)Cc1ncc(-c2ccccc2)[nH]1.I. The monoisotopic (exact) mass is 536 g/mol. The summed E-state index contributed by atoms with van der Waals surface area (Å²) >= 11 is 0. The lowest BCUT2D eigenvalue weighted by Gasteiger charge is -2.28. The van der Waals surface area contributed by atoms with Crippen molar-refractivity contribution < 1.29 is 4.39 Å². The van der Waals surface area contributed by atoms with Gasteiger partial charge in [-0.3, -0.25) is 4.99 Å². The molecule has 0 saturated heterocycles. The molecule has 1 heterocycles. The summed E-state index contributed by atoms with van der Waals surface area (Å²) in [7, 11) is 7.76. The number of nitrogens with one attached hydrogen (secondary N) is 2. The topological polar surface area (TPSA) is 59.6 Å². The molecule has 0 bridgehead atoms. The van der Waals surface area contributed by atoms with Gasteiger partial charge in [0.2, 0.25) is 0 Å². The Morgan fingerprint density at radius 1 is 1.10 bits per heavy atom. The number of nitrogens with zero attached hydrogens (tertiary/aromatic N) is 4. The number of benzene rings is 2. The van der Waals surface area contributed by atoms with E-state index in [4.69, 9.17) is 0 Å². The Bertz CT molecular complexity index is 956. The number of aromatic amines is 1. The van der Waals surface area contributed by atoms with Gasteiger partial charge < -0.3 is 20.1 Å². The first-order chi connectivity index (χ1) is 14.5. The van der Waals surface area contributed by atoms with Gasteiger partial charge in [0, 0.05) is 20.6 Å². The molecule has 1 atom stereocenters. The van der Waals surface area contributed by atoms with E-state index in [1.807, 2.05) is 62.6 Å². The summed E-state index contributed by atoms with van der Waals surface area (Å²) in [4.78, 5) is 16.4. The highest BCUT2D eigenvalue weighted by molar-refractivity contribution is 14.0. The highest BCUT2D eigenvalue weighted by Crippen LogP contribution is 2.18. The zero-order chi connectivity index (χ0) is 21.5. The zero-order valence-corrected chi connectivity index (χ0v) is 20.7. The van der Waals surface area contributed by atoms with E-state index >= 15 is 0 Å². The molecule has 0 amide bonds. The van der Waals surface area contributed by atoms with Crippen molar-refractivity contribution in [2.24, 2.45) is 4.99 Å². The second kappa shape index (κ2) is 11.8. The summed E-state index contributed by atoms with van der Waals surface area (Å²) < 4.78 is 13.3. The Labute approximate surface area is 200 Å². The van der Waals surface area contributed by atoms with Crippen LogP contribution in [0.4, 0.5) is 4.39 Å². The number of halogens is 2. The van der Waals surface area contributed by atoms with E-state index in [9.17, 15) is 4.39 Å². The van der Waals surface area contributed by atoms with Gasteiger partial charge in [-0.15, -0.1) is 24.0 Å². The van der Waals surface area contributed by atoms with E-state index in [2.05, 4.69) is 37.3 Å². The van der Waals surface area contributed by atoms with E-state index in [-0.39, 0.29) is 35.8 Å². The molecule has 1 aromatic heterocycles. The van der Waals surface area contributed by atoms with Crippen LogP contribution in [0, 0.1) is 5.82 Å². The van der Waals surface area contributed by atoms with E-state index in [0.717, 1.165) is 28.6 Å². The van der Waals surface area contributed by atoms with Gasteiger partial charge in [0.25, 0.3) is 0 Å². The van der Waals surface area contributed by atoms with E-state index in [0.29, 0.717) is 13.1 Å². The molecule has 0 fully saturated rings. The molecule has 2 N–H and O–H groups in total. The van der Waals surface area contributed by atoms with E-state index < -0.39 is 0 Å². The van der Waals surface area contributed by atoms with Gasteiger partial charge in [-0.25, -0.2) is 9.37 Å². The number of H-pyrrole nitrogens is 1. The molecule has 0 spiro atoms. The highest BCUT2D eigenvalue weighted by Gasteiger charge is 2.16. The van der Waals surface area contributed by atoms with Crippen molar-refractivity contribution >= 4 is 29.9 Å². The van der Waals surface area contributed by atoms with Crippen LogP contribution in [0.5, 0.6) is 0 Å². The number of hydrogen-bond acceptors (Lipinski definition) is 3. The molecule has 0 radical (unpaired) electrons. The van der Waals surface area contributed by atoms with Crippen LogP contribution >= 0.6 is 24.0 Å². The maximum atomic E-state index is 13.3. The average Bonchev–Trinajstić information content (AvgIpc) is 3.21. The molecule has 0 aliphatic heterocycles. The lowest BCUT2D eigenvalue weighted by Crippen LogP contribution is -2.42. The van der Waals surface area contributed by atoms with Crippen LogP contribution in [-0.4, -0.2) is 60.5 Å². The van der Waals surface area contributed by atoms with Crippen LogP contribution in [0.1, 0.15) is 17.4 Å². The van der Waals surface area contributed by atoms with Crippen LogP contribution in [-0.2, 0) is 6.54 Å². The van der Waals surface area contributed by atoms with Gasteiger partial charge in [-0.2, -0.15) is 0 Å². The van der Waals surface area contributed by atoms with Crippen LogP contribution in [0.3, 0.4) is 0 Å². The molecule has 2 aromatic carbocycles.